The summed E-state index contributed by atoms with van der Waals surface area (Å²) < 4.78 is 0. The maximum atomic E-state index is 5.85. The normalized spacial score (nSPS) is 12.1. The van der Waals surface area contributed by atoms with Crippen LogP contribution in [0.5, 0.6) is 0 Å². The zero-order valence-electron chi connectivity index (χ0n) is 10.1. The highest BCUT2D eigenvalue weighted by atomic mass is 35.5. The van der Waals surface area contributed by atoms with Gasteiger partial charge in [0.25, 0.3) is 0 Å². The van der Waals surface area contributed by atoms with Crippen molar-refractivity contribution in [2.75, 3.05) is 12.3 Å². The topological polar surface area (TPSA) is 12.0 Å². The zero-order chi connectivity index (χ0) is 12.5. The summed E-state index contributed by atoms with van der Waals surface area (Å²) in [4.78, 5) is 1.25. The molecule has 92 valence electrons. The average molecular weight is 268 g/mol. The molecule has 0 aliphatic rings. The number of rotatable bonds is 7. The quantitative estimate of drug-likeness (QED) is 0.595. The Hall–Kier alpha value is -0.620. The van der Waals surface area contributed by atoms with Crippen molar-refractivity contribution in [3.8, 4) is 12.3 Å². The van der Waals surface area contributed by atoms with Gasteiger partial charge in [-0.2, -0.15) is 0 Å². The van der Waals surface area contributed by atoms with Crippen molar-refractivity contribution in [2.45, 2.75) is 30.7 Å². The van der Waals surface area contributed by atoms with Crippen molar-refractivity contribution < 1.29 is 0 Å². The van der Waals surface area contributed by atoms with E-state index in [1.807, 2.05) is 23.9 Å². The van der Waals surface area contributed by atoms with Crippen LogP contribution in [0.3, 0.4) is 0 Å². The van der Waals surface area contributed by atoms with Crippen LogP contribution in [0.4, 0.5) is 0 Å². The van der Waals surface area contributed by atoms with E-state index in [1.165, 1.54) is 4.90 Å². The Morgan fingerprint density at radius 2 is 2.12 bits per heavy atom. The van der Waals surface area contributed by atoms with Gasteiger partial charge >= 0.3 is 0 Å². The standard InChI is InChI=1S/C14H18ClNS/c1-3-5-6-13(16-4-2)11-17-14-9-7-12(15)8-10-14/h1,7-10,13,16H,4-6,11H2,2H3. The van der Waals surface area contributed by atoms with Crippen LogP contribution in [0.15, 0.2) is 29.2 Å². The smallest absolute Gasteiger partial charge is 0.0406 e. The molecule has 0 aliphatic heterocycles. The van der Waals surface area contributed by atoms with Crippen LogP contribution < -0.4 is 5.32 Å². The minimum atomic E-state index is 0.483. The van der Waals surface area contributed by atoms with E-state index in [-0.39, 0.29) is 0 Å². The molecular weight excluding hydrogens is 250 g/mol. The molecule has 1 rings (SSSR count). The molecule has 0 aromatic heterocycles. The lowest BCUT2D eigenvalue weighted by Gasteiger charge is -2.16. The highest BCUT2D eigenvalue weighted by molar-refractivity contribution is 7.99. The summed E-state index contributed by atoms with van der Waals surface area (Å²) in [6.45, 7) is 3.10. The predicted molar refractivity (Wildman–Crippen MR) is 77.7 cm³/mol. The largest absolute Gasteiger partial charge is 0.313 e. The lowest BCUT2D eigenvalue weighted by Crippen LogP contribution is -2.30. The van der Waals surface area contributed by atoms with Crippen LogP contribution in [0.1, 0.15) is 19.8 Å². The molecule has 0 spiro atoms. The van der Waals surface area contributed by atoms with Crippen LogP contribution in [-0.4, -0.2) is 18.3 Å². The number of hydrogen-bond donors (Lipinski definition) is 1. The molecule has 1 nitrogen and oxygen atoms in total. The molecule has 3 heteroatoms. The van der Waals surface area contributed by atoms with Gasteiger partial charge in [-0.05, 0) is 37.2 Å². The van der Waals surface area contributed by atoms with E-state index in [2.05, 4.69) is 30.3 Å². The number of halogens is 1. The molecule has 0 saturated carbocycles. The van der Waals surface area contributed by atoms with E-state index >= 15 is 0 Å². The second kappa shape index (κ2) is 8.47. The van der Waals surface area contributed by atoms with E-state index in [1.54, 1.807) is 0 Å². The molecule has 1 aromatic rings. The number of nitrogens with one attached hydrogen (secondary N) is 1. The summed E-state index contributed by atoms with van der Waals surface area (Å²) in [7, 11) is 0. The molecular formula is C14H18ClNS. The molecule has 17 heavy (non-hydrogen) atoms. The first-order chi connectivity index (χ1) is 8.26. The SMILES string of the molecule is C#CCCC(CSc1ccc(Cl)cc1)NCC. The average Bonchev–Trinajstić information content (AvgIpc) is 2.35. The van der Waals surface area contributed by atoms with Crippen molar-refractivity contribution >= 4 is 23.4 Å². The molecule has 1 aromatic carbocycles. The van der Waals surface area contributed by atoms with Gasteiger partial charge in [-0.25, -0.2) is 0 Å². The van der Waals surface area contributed by atoms with Crippen LogP contribution in [0.25, 0.3) is 0 Å². The monoisotopic (exact) mass is 267 g/mol. The first-order valence-corrected chi connectivity index (χ1v) is 7.17. The third-order valence-corrected chi connectivity index (χ3v) is 3.82. The van der Waals surface area contributed by atoms with E-state index in [0.29, 0.717) is 6.04 Å². The Morgan fingerprint density at radius 3 is 2.71 bits per heavy atom. The van der Waals surface area contributed by atoms with Gasteiger partial charge < -0.3 is 5.32 Å². The molecule has 0 heterocycles. The fraction of sp³-hybridized carbons (Fsp3) is 0.429. The summed E-state index contributed by atoms with van der Waals surface area (Å²) in [5.74, 6) is 3.73. The van der Waals surface area contributed by atoms with E-state index in [4.69, 9.17) is 18.0 Å². The Kier molecular flexibility index (Phi) is 7.19. The van der Waals surface area contributed by atoms with Crippen molar-refractivity contribution in [2.24, 2.45) is 0 Å². The molecule has 0 radical (unpaired) electrons. The number of terminal acetylenes is 1. The number of benzene rings is 1. The van der Waals surface area contributed by atoms with Crippen molar-refractivity contribution in [3.63, 3.8) is 0 Å². The van der Waals surface area contributed by atoms with Crippen LogP contribution in [0, 0.1) is 12.3 Å². The second-order valence-corrected chi connectivity index (χ2v) is 5.29. The molecule has 0 bridgehead atoms. The van der Waals surface area contributed by atoms with Gasteiger partial charge in [0.2, 0.25) is 0 Å². The maximum absolute atomic E-state index is 5.85. The Labute approximate surface area is 113 Å². The molecule has 1 unspecified atom stereocenters. The van der Waals surface area contributed by atoms with Gasteiger partial charge in [-0.1, -0.05) is 18.5 Å². The third-order valence-electron chi connectivity index (χ3n) is 2.39. The minimum Gasteiger partial charge on any atom is -0.313 e. The van der Waals surface area contributed by atoms with Crippen molar-refractivity contribution in [1.82, 2.24) is 5.32 Å². The fourth-order valence-electron chi connectivity index (χ4n) is 1.52. The van der Waals surface area contributed by atoms with Crippen LogP contribution in [-0.2, 0) is 0 Å². The molecule has 0 fully saturated rings. The minimum absolute atomic E-state index is 0.483. The van der Waals surface area contributed by atoms with Gasteiger partial charge in [0, 0.05) is 28.1 Å². The fourth-order valence-corrected chi connectivity index (χ4v) is 2.65. The van der Waals surface area contributed by atoms with Crippen LogP contribution in [0.2, 0.25) is 5.02 Å². The Morgan fingerprint density at radius 1 is 1.41 bits per heavy atom. The first kappa shape index (κ1) is 14.4. The zero-order valence-corrected chi connectivity index (χ0v) is 11.7. The van der Waals surface area contributed by atoms with Crippen molar-refractivity contribution in [3.05, 3.63) is 29.3 Å². The third kappa shape index (κ3) is 6.02. The summed E-state index contributed by atoms with van der Waals surface area (Å²) in [5, 5.41) is 4.24. The van der Waals surface area contributed by atoms with E-state index in [0.717, 1.165) is 30.2 Å². The molecule has 1 N–H and O–H groups in total. The summed E-state index contributed by atoms with van der Waals surface area (Å²) in [5.41, 5.74) is 0. The predicted octanol–water partition coefficient (Wildman–Crippen LogP) is 3.82. The van der Waals surface area contributed by atoms with Gasteiger partial charge in [0.1, 0.15) is 0 Å². The molecule has 0 aliphatic carbocycles. The Bertz CT molecular complexity index is 355. The molecule has 0 saturated heterocycles. The highest BCUT2D eigenvalue weighted by Gasteiger charge is 2.07. The van der Waals surface area contributed by atoms with Gasteiger partial charge in [0.15, 0.2) is 0 Å². The van der Waals surface area contributed by atoms with E-state index in [9.17, 15) is 0 Å². The summed E-state index contributed by atoms with van der Waals surface area (Å²) in [6, 6.07) is 8.44. The molecule has 1 atom stereocenters. The molecule has 0 amide bonds. The second-order valence-electron chi connectivity index (χ2n) is 3.76. The highest BCUT2D eigenvalue weighted by Crippen LogP contribution is 2.21. The van der Waals surface area contributed by atoms with Crippen molar-refractivity contribution in [1.29, 1.82) is 0 Å². The first-order valence-electron chi connectivity index (χ1n) is 5.81. The number of hydrogen-bond acceptors (Lipinski definition) is 2. The van der Waals surface area contributed by atoms with Gasteiger partial charge in [-0.3, -0.25) is 0 Å². The van der Waals surface area contributed by atoms with Gasteiger partial charge in [0.05, 0.1) is 0 Å². The number of thioether (sulfide) groups is 1. The maximum Gasteiger partial charge on any atom is 0.0406 e. The van der Waals surface area contributed by atoms with Crippen LogP contribution >= 0.6 is 23.4 Å². The lowest BCUT2D eigenvalue weighted by atomic mass is 10.2. The van der Waals surface area contributed by atoms with E-state index < -0.39 is 0 Å². The summed E-state index contributed by atoms with van der Waals surface area (Å²) >= 11 is 7.69. The van der Waals surface area contributed by atoms with Gasteiger partial charge in [-0.15, -0.1) is 24.1 Å². The summed E-state index contributed by atoms with van der Waals surface area (Å²) in [6.07, 6.45) is 7.16. The lowest BCUT2D eigenvalue weighted by molar-refractivity contribution is 0.545. The Balaban J connectivity index is 2.40.